The Balaban J connectivity index is 1.44. The Bertz CT molecular complexity index is 884. The van der Waals surface area contributed by atoms with Gasteiger partial charge in [-0.2, -0.15) is 0 Å². The molecule has 1 aliphatic heterocycles. The van der Waals surface area contributed by atoms with Crippen LogP contribution in [0.25, 0.3) is 0 Å². The van der Waals surface area contributed by atoms with Gasteiger partial charge in [0.25, 0.3) is 0 Å². The number of esters is 2. The van der Waals surface area contributed by atoms with Gasteiger partial charge in [-0.05, 0) is 24.3 Å². The highest BCUT2D eigenvalue weighted by Gasteiger charge is 2.31. The second-order valence-electron chi connectivity index (χ2n) is 6.75. The molecule has 3 atom stereocenters. The van der Waals surface area contributed by atoms with Crippen molar-refractivity contribution in [1.82, 2.24) is 15.0 Å². The summed E-state index contributed by atoms with van der Waals surface area (Å²) in [5, 5.41) is 8.13. The lowest BCUT2D eigenvalue weighted by atomic mass is 10.1. The summed E-state index contributed by atoms with van der Waals surface area (Å²) in [6.07, 6.45) is 3.12. The highest BCUT2D eigenvalue weighted by atomic mass is 16.7. The normalized spacial score (nSPS) is 20.3. The summed E-state index contributed by atoms with van der Waals surface area (Å²) in [7, 11) is 0. The minimum atomic E-state index is -0.670. The van der Waals surface area contributed by atoms with Crippen molar-refractivity contribution in [3.63, 3.8) is 0 Å². The first-order chi connectivity index (χ1) is 15.0. The van der Waals surface area contributed by atoms with Gasteiger partial charge in [0.15, 0.2) is 6.29 Å². The van der Waals surface area contributed by atoms with Gasteiger partial charge < -0.3 is 23.7 Å². The Kier molecular flexibility index (Phi) is 8.13. The van der Waals surface area contributed by atoms with E-state index >= 15 is 0 Å². The lowest BCUT2D eigenvalue weighted by molar-refractivity contribution is -0.197. The molecule has 0 fully saturated rings. The first kappa shape index (κ1) is 22.4. The van der Waals surface area contributed by atoms with Gasteiger partial charge in [0.05, 0.1) is 19.3 Å². The van der Waals surface area contributed by atoms with E-state index in [0.29, 0.717) is 25.5 Å². The van der Waals surface area contributed by atoms with E-state index in [9.17, 15) is 9.59 Å². The number of ether oxygens (including phenoxy) is 5. The summed E-state index contributed by atoms with van der Waals surface area (Å²) < 4.78 is 28.9. The number of para-hydroxylation sites is 1. The molecule has 166 valence electrons. The van der Waals surface area contributed by atoms with Gasteiger partial charge in [-0.25, -0.2) is 4.68 Å². The highest BCUT2D eigenvalue weighted by Crippen LogP contribution is 2.18. The Hall–Kier alpha value is -3.24. The third kappa shape index (κ3) is 7.50. The molecular formula is C21H25N3O7. The van der Waals surface area contributed by atoms with E-state index in [-0.39, 0.29) is 6.61 Å². The fourth-order valence-electron chi connectivity index (χ4n) is 2.80. The van der Waals surface area contributed by atoms with E-state index in [2.05, 4.69) is 10.3 Å². The zero-order chi connectivity index (χ0) is 22.1. The number of carbonyl (C=O) groups excluding carboxylic acids is 2. The maximum Gasteiger partial charge on any atom is 0.303 e. The van der Waals surface area contributed by atoms with Crippen molar-refractivity contribution in [3.8, 4) is 5.75 Å². The molecule has 0 radical (unpaired) electrons. The van der Waals surface area contributed by atoms with E-state index in [1.807, 2.05) is 30.3 Å². The van der Waals surface area contributed by atoms with Crippen molar-refractivity contribution in [2.24, 2.45) is 0 Å². The standard InChI is InChI=1S/C21H25N3O7/c1-15(25)28-14-20-19(30-16(2)26)8-9-21(31-20)27-11-10-24-12-17(22-23-24)13-29-18-6-4-3-5-7-18/h3-9,12,19-21H,10-11,13-14H2,1-2H3/t19-,20+,21-/m0/s1. The molecular weight excluding hydrogens is 406 g/mol. The largest absolute Gasteiger partial charge is 0.487 e. The van der Waals surface area contributed by atoms with Crippen molar-refractivity contribution in [2.45, 2.75) is 45.5 Å². The molecule has 1 aromatic carbocycles. The smallest absolute Gasteiger partial charge is 0.303 e. The average Bonchev–Trinajstić information content (AvgIpc) is 3.20. The molecule has 1 aliphatic rings. The molecule has 0 spiro atoms. The van der Waals surface area contributed by atoms with Crippen molar-refractivity contribution in [1.29, 1.82) is 0 Å². The fourth-order valence-corrected chi connectivity index (χ4v) is 2.80. The molecule has 10 heteroatoms. The van der Waals surface area contributed by atoms with Crippen LogP contribution in [0.15, 0.2) is 48.7 Å². The number of nitrogens with zero attached hydrogens (tertiary/aromatic N) is 3. The molecule has 0 saturated heterocycles. The minimum absolute atomic E-state index is 0.0503. The third-order valence-electron chi connectivity index (χ3n) is 4.20. The zero-order valence-corrected chi connectivity index (χ0v) is 17.4. The van der Waals surface area contributed by atoms with Gasteiger partial charge >= 0.3 is 11.9 Å². The molecule has 0 unspecified atom stereocenters. The predicted octanol–water partition coefficient (Wildman–Crippen LogP) is 1.65. The van der Waals surface area contributed by atoms with Crippen LogP contribution in [0.3, 0.4) is 0 Å². The number of rotatable bonds is 10. The summed E-state index contributed by atoms with van der Waals surface area (Å²) >= 11 is 0. The number of carbonyl (C=O) groups is 2. The number of benzene rings is 1. The third-order valence-corrected chi connectivity index (χ3v) is 4.20. The van der Waals surface area contributed by atoms with Gasteiger partial charge in [0, 0.05) is 13.8 Å². The van der Waals surface area contributed by atoms with E-state index in [1.54, 1.807) is 23.0 Å². The van der Waals surface area contributed by atoms with E-state index in [1.165, 1.54) is 13.8 Å². The lowest BCUT2D eigenvalue weighted by Crippen LogP contribution is -2.42. The van der Waals surface area contributed by atoms with Crippen molar-refractivity contribution in [2.75, 3.05) is 13.2 Å². The number of aromatic nitrogens is 3. The number of hydrogen-bond acceptors (Lipinski definition) is 9. The lowest BCUT2D eigenvalue weighted by Gasteiger charge is -2.31. The zero-order valence-electron chi connectivity index (χ0n) is 17.4. The van der Waals surface area contributed by atoms with Crippen LogP contribution in [-0.4, -0.2) is 58.6 Å². The summed E-state index contributed by atoms with van der Waals surface area (Å²) in [4.78, 5) is 22.4. The maximum atomic E-state index is 11.3. The second-order valence-corrected chi connectivity index (χ2v) is 6.75. The van der Waals surface area contributed by atoms with Crippen LogP contribution in [0.1, 0.15) is 19.5 Å². The summed E-state index contributed by atoms with van der Waals surface area (Å²) in [5.41, 5.74) is 0.698. The number of hydrogen-bond donors (Lipinski definition) is 0. The quantitative estimate of drug-likeness (QED) is 0.409. The molecule has 2 aromatic rings. The molecule has 1 aromatic heterocycles. The van der Waals surface area contributed by atoms with Gasteiger partial charge in [-0.1, -0.05) is 23.4 Å². The van der Waals surface area contributed by atoms with Crippen LogP contribution < -0.4 is 4.74 Å². The fraction of sp³-hybridized carbons (Fsp3) is 0.429. The average molecular weight is 431 g/mol. The van der Waals surface area contributed by atoms with Crippen LogP contribution in [0.4, 0.5) is 0 Å². The minimum Gasteiger partial charge on any atom is -0.487 e. The molecule has 0 aliphatic carbocycles. The van der Waals surface area contributed by atoms with Crippen molar-refractivity contribution >= 4 is 11.9 Å². The van der Waals surface area contributed by atoms with Gasteiger partial charge in [0.2, 0.25) is 0 Å². The monoisotopic (exact) mass is 431 g/mol. The van der Waals surface area contributed by atoms with Crippen molar-refractivity contribution in [3.05, 3.63) is 54.4 Å². The van der Waals surface area contributed by atoms with Crippen LogP contribution in [0, 0.1) is 0 Å². The van der Waals surface area contributed by atoms with E-state index < -0.39 is 30.4 Å². The van der Waals surface area contributed by atoms with Gasteiger partial charge in [-0.15, -0.1) is 5.10 Å². The Morgan fingerprint density at radius 1 is 1.13 bits per heavy atom. The van der Waals surface area contributed by atoms with Crippen LogP contribution in [-0.2, 0) is 41.7 Å². The first-order valence-electron chi connectivity index (χ1n) is 9.82. The topological polar surface area (TPSA) is 111 Å². The second kappa shape index (κ2) is 11.2. The molecule has 0 N–H and O–H groups in total. The Labute approximate surface area is 179 Å². The van der Waals surface area contributed by atoms with Gasteiger partial charge in [-0.3, -0.25) is 9.59 Å². The summed E-state index contributed by atoms with van der Waals surface area (Å²) in [5.74, 6) is -0.143. The molecule has 0 saturated carbocycles. The summed E-state index contributed by atoms with van der Waals surface area (Å²) in [6, 6.07) is 9.46. The Morgan fingerprint density at radius 2 is 1.94 bits per heavy atom. The van der Waals surface area contributed by atoms with Gasteiger partial charge in [0.1, 0.15) is 36.9 Å². The Morgan fingerprint density at radius 3 is 2.68 bits per heavy atom. The van der Waals surface area contributed by atoms with Crippen molar-refractivity contribution < 1.29 is 33.3 Å². The van der Waals surface area contributed by atoms with E-state index in [0.717, 1.165) is 5.75 Å². The maximum absolute atomic E-state index is 11.3. The predicted molar refractivity (Wildman–Crippen MR) is 107 cm³/mol. The van der Waals surface area contributed by atoms with E-state index in [4.69, 9.17) is 23.7 Å². The van der Waals surface area contributed by atoms with Crippen LogP contribution in [0.2, 0.25) is 0 Å². The van der Waals surface area contributed by atoms with Crippen LogP contribution in [0.5, 0.6) is 5.75 Å². The molecule has 31 heavy (non-hydrogen) atoms. The molecule has 2 heterocycles. The molecule has 10 nitrogen and oxygen atoms in total. The summed E-state index contributed by atoms with van der Waals surface area (Å²) in [6.45, 7) is 3.62. The molecule has 3 rings (SSSR count). The highest BCUT2D eigenvalue weighted by molar-refractivity contribution is 5.66. The SMILES string of the molecule is CC(=O)OC[C@H]1O[C@H](OCCn2cc(COc3ccccc3)nn2)C=C[C@@H]1OC(C)=O. The molecule has 0 amide bonds. The first-order valence-corrected chi connectivity index (χ1v) is 9.82. The van der Waals surface area contributed by atoms with Crippen LogP contribution >= 0.6 is 0 Å². The molecule has 0 bridgehead atoms.